The van der Waals surface area contributed by atoms with Crippen LogP contribution in [0, 0.1) is 12.7 Å². The van der Waals surface area contributed by atoms with Crippen LogP contribution >= 0.6 is 11.6 Å². The maximum absolute atomic E-state index is 13.4. The van der Waals surface area contributed by atoms with Crippen molar-refractivity contribution in [1.29, 1.82) is 0 Å². The van der Waals surface area contributed by atoms with E-state index in [0.717, 1.165) is 22.7 Å². The Kier molecular flexibility index (Phi) is 3.88. The second-order valence-electron chi connectivity index (χ2n) is 4.96. The molecule has 0 radical (unpaired) electrons. The number of nitrogens with zero attached hydrogens (tertiary/aromatic N) is 3. The van der Waals surface area contributed by atoms with Crippen molar-refractivity contribution in [2.75, 3.05) is 5.88 Å². The zero-order valence-electron chi connectivity index (χ0n) is 11.7. The predicted molar refractivity (Wildman–Crippen MR) is 82.2 cm³/mol. The second-order valence-corrected chi connectivity index (χ2v) is 5.33. The highest BCUT2D eigenvalue weighted by Crippen LogP contribution is 2.19. The van der Waals surface area contributed by atoms with Crippen LogP contribution in [0.1, 0.15) is 17.2 Å². The van der Waals surface area contributed by atoms with E-state index in [1.807, 2.05) is 25.1 Å². The topological polar surface area (TPSA) is 30.7 Å². The molecule has 108 valence electrons. The molecular formula is C16H15ClFN3. The summed E-state index contributed by atoms with van der Waals surface area (Å²) in [5.74, 6) is 1.06. The van der Waals surface area contributed by atoms with E-state index in [4.69, 9.17) is 11.6 Å². The van der Waals surface area contributed by atoms with Gasteiger partial charge in [-0.1, -0.05) is 6.07 Å². The van der Waals surface area contributed by atoms with Crippen LogP contribution < -0.4 is 0 Å². The fourth-order valence-corrected chi connectivity index (χ4v) is 2.62. The van der Waals surface area contributed by atoms with Crippen molar-refractivity contribution < 1.29 is 4.39 Å². The molecule has 0 saturated heterocycles. The Morgan fingerprint density at radius 2 is 2.05 bits per heavy atom. The van der Waals surface area contributed by atoms with Crippen LogP contribution in [0.4, 0.5) is 4.39 Å². The van der Waals surface area contributed by atoms with E-state index in [2.05, 4.69) is 14.5 Å². The molecule has 21 heavy (non-hydrogen) atoms. The third-order valence-corrected chi connectivity index (χ3v) is 3.56. The van der Waals surface area contributed by atoms with Crippen molar-refractivity contribution in [3.05, 3.63) is 59.4 Å². The number of benzene rings is 1. The van der Waals surface area contributed by atoms with Gasteiger partial charge in [0, 0.05) is 24.1 Å². The molecule has 0 spiro atoms. The number of alkyl halides is 1. The fraction of sp³-hybridized carbons (Fsp3) is 0.250. The first-order valence-corrected chi connectivity index (χ1v) is 7.34. The van der Waals surface area contributed by atoms with E-state index in [1.54, 1.807) is 6.07 Å². The molecule has 0 bridgehead atoms. The summed E-state index contributed by atoms with van der Waals surface area (Å²) in [5.41, 5.74) is 3.49. The van der Waals surface area contributed by atoms with Gasteiger partial charge >= 0.3 is 0 Å². The minimum Gasteiger partial charge on any atom is -0.322 e. The number of rotatable bonds is 4. The van der Waals surface area contributed by atoms with E-state index < -0.39 is 0 Å². The van der Waals surface area contributed by atoms with Gasteiger partial charge in [-0.25, -0.2) is 9.37 Å². The first kappa shape index (κ1) is 14.0. The molecule has 2 aromatic heterocycles. The lowest BCUT2D eigenvalue weighted by Gasteiger charge is -2.08. The van der Waals surface area contributed by atoms with Gasteiger partial charge in [-0.15, -0.1) is 11.6 Å². The van der Waals surface area contributed by atoms with Crippen LogP contribution in [0.5, 0.6) is 0 Å². The number of aromatic nitrogens is 3. The van der Waals surface area contributed by atoms with Gasteiger partial charge < -0.3 is 4.57 Å². The number of hydrogen-bond donors (Lipinski definition) is 0. The van der Waals surface area contributed by atoms with Crippen LogP contribution in [0.3, 0.4) is 0 Å². The molecule has 0 fully saturated rings. The quantitative estimate of drug-likeness (QED) is 0.688. The minimum absolute atomic E-state index is 0.279. The molecule has 0 aliphatic heterocycles. The Labute approximate surface area is 127 Å². The number of pyridine rings is 1. The number of fused-ring (bicyclic) bond motifs is 1. The minimum atomic E-state index is -0.279. The number of hydrogen-bond acceptors (Lipinski definition) is 2. The number of halogens is 2. The third kappa shape index (κ3) is 2.90. The third-order valence-electron chi connectivity index (χ3n) is 3.37. The van der Waals surface area contributed by atoms with Gasteiger partial charge in [0.1, 0.15) is 11.6 Å². The molecule has 0 aliphatic rings. The van der Waals surface area contributed by atoms with Gasteiger partial charge in [-0.3, -0.25) is 4.98 Å². The molecule has 0 atom stereocenters. The lowest BCUT2D eigenvalue weighted by atomic mass is 10.2. The lowest BCUT2D eigenvalue weighted by molar-refractivity contribution is 0.629. The summed E-state index contributed by atoms with van der Waals surface area (Å²) >= 11 is 5.85. The predicted octanol–water partition coefficient (Wildman–Crippen LogP) is 3.71. The summed E-state index contributed by atoms with van der Waals surface area (Å²) in [6.07, 6.45) is 0.643. The van der Waals surface area contributed by atoms with E-state index >= 15 is 0 Å². The molecule has 3 aromatic rings. The van der Waals surface area contributed by atoms with Crippen molar-refractivity contribution in [3.63, 3.8) is 0 Å². The lowest BCUT2D eigenvalue weighted by Crippen LogP contribution is -2.07. The van der Waals surface area contributed by atoms with E-state index in [9.17, 15) is 4.39 Å². The van der Waals surface area contributed by atoms with Gasteiger partial charge in [0.2, 0.25) is 0 Å². The van der Waals surface area contributed by atoms with Crippen molar-refractivity contribution in [1.82, 2.24) is 14.5 Å². The van der Waals surface area contributed by atoms with Gasteiger partial charge in [-0.05, 0) is 31.2 Å². The summed E-state index contributed by atoms with van der Waals surface area (Å²) in [6, 6.07) is 10.6. The Morgan fingerprint density at radius 1 is 1.19 bits per heavy atom. The summed E-state index contributed by atoms with van der Waals surface area (Å²) in [4.78, 5) is 9.01. The van der Waals surface area contributed by atoms with Gasteiger partial charge in [-0.2, -0.15) is 0 Å². The molecule has 0 saturated carbocycles. The maximum atomic E-state index is 13.4. The highest BCUT2D eigenvalue weighted by atomic mass is 35.5. The molecule has 3 rings (SSSR count). The van der Waals surface area contributed by atoms with Crippen LogP contribution in [0.25, 0.3) is 11.0 Å². The van der Waals surface area contributed by atoms with E-state index in [0.29, 0.717) is 24.4 Å². The summed E-state index contributed by atoms with van der Waals surface area (Å²) in [5, 5.41) is 0. The average molecular weight is 304 g/mol. The summed E-state index contributed by atoms with van der Waals surface area (Å²) in [6.45, 7) is 2.57. The Balaban J connectivity index is 2.08. The molecule has 1 aromatic carbocycles. The molecule has 0 N–H and O–H groups in total. The van der Waals surface area contributed by atoms with E-state index in [1.165, 1.54) is 12.1 Å². The highest BCUT2D eigenvalue weighted by Gasteiger charge is 2.12. The smallest absolute Gasteiger partial charge is 0.125 e. The zero-order valence-corrected chi connectivity index (χ0v) is 12.4. The molecular weight excluding hydrogens is 289 g/mol. The standard InChI is InChI=1S/C16H15ClFN3/c1-11-3-2-4-13(19-11)10-21-15-6-5-12(18)9-14(15)20-16(21)7-8-17/h2-6,9H,7-8,10H2,1H3. The number of imidazole rings is 1. The first-order chi connectivity index (χ1) is 10.2. The molecule has 2 heterocycles. The van der Waals surface area contributed by atoms with Gasteiger partial charge in [0.25, 0.3) is 0 Å². The van der Waals surface area contributed by atoms with Crippen LogP contribution in [-0.2, 0) is 13.0 Å². The van der Waals surface area contributed by atoms with Gasteiger partial charge in [0.05, 0.1) is 23.3 Å². The monoisotopic (exact) mass is 303 g/mol. The molecule has 0 amide bonds. The van der Waals surface area contributed by atoms with Crippen LogP contribution in [-0.4, -0.2) is 20.4 Å². The first-order valence-electron chi connectivity index (χ1n) is 6.80. The van der Waals surface area contributed by atoms with Crippen molar-refractivity contribution >= 4 is 22.6 Å². The maximum Gasteiger partial charge on any atom is 0.125 e. The number of aryl methyl sites for hydroxylation is 2. The normalized spacial score (nSPS) is 11.2. The highest BCUT2D eigenvalue weighted by molar-refractivity contribution is 6.17. The summed E-state index contributed by atoms with van der Waals surface area (Å²) in [7, 11) is 0. The summed E-state index contributed by atoms with van der Waals surface area (Å²) < 4.78 is 15.4. The largest absolute Gasteiger partial charge is 0.322 e. The van der Waals surface area contributed by atoms with Crippen LogP contribution in [0.2, 0.25) is 0 Å². The second kappa shape index (κ2) is 5.82. The van der Waals surface area contributed by atoms with Gasteiger partial charge in [0.15, 0.2) is 0 Å². The molecule has 0 aliphatic carbocycles. The Bertz CT molecular complexity index is 782. The van der Waals surface area contributed by atoms with Crippen molar-refractivity contribution in [2.24, 2.45) is 0 Å². The molecule has 0 unspecified atom stereocenters. The van der Waals surface area contributed by atoms with Crippen LogP contribution in [0.15, 0.2) is 36.4 Å². The average Bonchev–Trinajstić information content (AvgIpc) is 2.76. The zero-order chi connectivity index (χ0) is 14.8. The van der Waals surface area contributed by atoms with Crippen molar-refractivity contribution in [3.8, 4) is 0 Å². The SMILES string of the molecule is Cc1cccc(Cn2c(CCCl)nc3cc(F)ccc32)n1. The molecule has 5 heteroatoms. The fourth-order valence-electron chi connectivity index (χ4n) is 2.45. The molecule has 3 nitrogen and oxygen atoms in total. The van der Waals surface area contributed by atoms with E-state index in [-0.39, 0.29) is 5.82 Å². The Hall–Kier alpha value is -1.94. The Morgan fingerprint density at radius 3 is 2.81 bits per heavy atom. The van der Waals surface area contributed by atoms with Crippen molar-refractivity contribution in [2.45, 2.75) is 19.9 Å².